The number of hydrogen-bond donors (Lipinski definition) is 1. The number of thiol groups is 1. The van der Waals surface area contributed by atoms with Gasteiger partial charge < -0.3 is 4.74 Å². The molecule has 0 saturated carbocycles. The highest BCUT2D eigenvalue weighted by Gasteiger charge is 2.07. The van der Waals surface area contributed by atoms with Crippen molar-refractivity contribution in [1.82, 2.24) is 9.19 Å². The Morgan fingerprint density at radius 2 is 1.60 bits per heavy atom. The molecule has 0 bridgehead atoms. The molecular weight excluding hydrogens is 268 g/mol. The zero-order chi connectivity index (χ0) is 13.9. The molecule has 0 radical (unpaired) electrons. The van der Waals surface area contributed by atoms with Gasteiger partial charge in [0.2, 0.25) is 0 Å². The van der Waals surface area contributed by atoms with Crippen molar-refractivity contribution in [3.8, 4) is 22.8 Å². The second kappa shape index (κ2) is 5.43. The largest absolute Gasteiger partial charge is 0.457 e. The average molecular weight is 282 g/mol. The topological polar surface area (TPSA) is 27.1 Å². The van der Waals surface area contributed by atoms with Gasteiger partial charge in [0.05, 0.1) is 5.69 Å². The number of aromatic nitrogens is 2. The van der Waals surface area contributed by atoms with Crippen molar-refractivity contribution in [2.75, 3.05) is 0 Å². The van der Waals surface area contributed by atoms with Gasteiger partial charge in [-0.25, -0.2) is 4.09 Å². The quantitative estimate of drug-likeness (QED) is 0.723. The van der Waals surface area contributed by atoms with Crippen molar-refractivity contribution < 1.29 is 4.74 Å². The summed E-state index contributed by atoms with van der Waals surface area (Å²) in [5.41, 5.74) is 3.08. The van der Waals surface area contributed by atoms with Crippen molar-refractivity contribution in [2.24, 2.45) is 0 Å². The fourth-order valence-electron chi connectivity index (χ4n) is 2.04. The zero-order valence-corrected chi connectivity index (χ0v) is 11.9. The fourth-order valence-corrected chi connectivity index (χ4v) is 2.30. The highest BCUT2D eigenvalue weighted by Crippen LogP contribution is 2.26. The summed E-state index contributed by atoms with van der Waals surface area (Å²) in [5, 5.41) is 4.33. The maximum Gasteiger partial charge on any atom is 0.127 e. The first-order valence-electron chi connectivity index (χ1n) is 6.31. The molecule has 2 aromatic carbocycles. The lowest BCUT2D eigenvalue weighted by molar-refractivity contribution is 0.483. The van der Waals surface area contributed by atoms with E-state index in [2.05, 4.69) is 17.9 Å². The van der Waals surface area contributed by atoms with E-state index >= 15 is 0 Å². The molecule has 1 heterocycles. The molecular formula is C16H14N2OS. The first-order chi connectivity index (χ1) is 9.72. The predicted molar refractivity (Wildman–Crippen MR) is 83.3 cm³/mol. The molecule has 0 spiro atoms. The van der Waals surface area contributed by atoms with Gasteiger partial charge in [-0.3, -0.25) is 0 Å². The number of hydrogen-bond acceptors (Lipinski definition) is 3. The standard InChI is InChI=1S/C16H14N2OS/c1-12-11-18(20)17-16(12)13-7-9-15(10-8-13)19-14-5-3-2-4-6-14/h2-11,20H,1H3. The van der Waals surface area contributed by atoms with E-state index in [-0.39, 0.29) is 0 Å². The van der Waals surface area contributed by atoms with Gasteiger partial charge in [0.15, 0.2) is 0 Å². The summed E-state index contributed by atoms with van der Waals surface area (Å²) < 4.78 is 7.29. The molecule has 20 heavy (non-hydrogen) atoms. The van der Waals surface area contributed by atoms with E-state index in [1.807, 2.05) is 67.7 Å². The summed E-state index contributed by atoms with van der Waals surface area (Å²) in [6.07, 6.45) is 1.88. The molecule has 0 aliphatic rings. The van der Waals surface area contributed by atoms with Gasteiger partial charge in [-0.1, -0.05) is 18.2 Å². The van der Waals surface area contributed by atoms with Gasteiger partial charge in [-0.15, -0.1) is 0 Å². The summed E-state index contributed by atoms with van der Waals surface area (Å²) in [7, 11) is 0. The third-order valence-electron chi connectivity index (χ3n) is 2.99. The smallest absolute Gasteiger partial charge is 0.127 e. The highest BCUT2D eigenvalue weighted by atomic mass is 32.1. The molecule has 1 aromatic heterocycles. The van der Waals surface area contributed by atoms with Crippen molar-refractivity contribution in [2.45, 2.75) is 6.92 Å². The van der Waals surface area contributed by atoms with Gasteiger partial charge >= 0.3 is 0 Å². The molecule has 0 aliphatic heterocycles. The second-order valence-corrected chi connectivity index (χ2v) is 4.93. The number of rotatable bonds is 3. The third kappa shape index (κ3) is 2.70. The Hall–Kier alpha value is -2.20. The first kappa shape index (κ1) is 12.8. The van der Waals surface area contributed by atoms with Crippen LogP contribution < -0.4 is 4.74 Å². The normalized spacial score (nSPS) is 10.5. The Morgan fingerprint density at radius 3 is 2.20 bits per heavy atom. The molecule has 0 saturated heterocycles. The lowest BCUT2D eigenvalue weighted by Crippen LogP contribution is -1.86. The van der Waals surface area contributed by atoms with E-state index in [1.165, 1.54) is 4.09 Å². The number of nitrogens with zero attached hydrogens (tertiary/aromatic N) is 2. The molecule has 0 aliphatic carbocycles. The second-order valence-electron chi connectivity index (χ2n) is 4.52. The van der Waals surface area contributed by atoms with Gasteiger partial charge in [0.1, 0.15) is 11.5 Å². The van der Waals surface area contributed by atoms with Crippen molar-refractivity contribution in [1.29, 1.82) is 0 Å². The number of aryl methyl sites for hydroxylation is 1. The number of benzene rings is 2. The molecule has 3 rings (SSSR count). The van der Waals surface area contributed by atoms with E-state index < -0.39 is 0 Å². The lowest BCUT2D eigenvalue weighted by atomic mass is 10.1. The summed E-state index contributed by atoms with van der Waals surface area (Å²) >= 11 is 4.19. The van der Waals surface area contributed by atoms with Crippen LogP contribution in [-0.2, 0) is 0 Å². The molecule has 0 fully saturated rings. The first-order valence-corrected chi connectivity index (χ1v) is 6.71. The molecule has 0 atom stereocenters. The van der Waals surface area contributed by atoms with Crippen molar-refractivity contribution in [3.05, 3.63) is 66.4 Å². The van der Waals surface area contributed by atoms with Crippen LogP contribution in [0, 0.1) is 6.92 Å². The zero-order valence-electron chi connectivity index (χ0n) is 11.0. The van der Waals surface area contributed by atoms with Crippen LogP contribution in [0.15, 0.2) is 60.8 Å². The molecule has 3 nitrogen and oxygen atoms in total. The molecule has 0 amide bonds. The SMILES string of the molecule is Cc1cn(S)nc1-c1ccc(Oc2ccccc2)cc1. The van der Waals surface area contributed by atoms with Gasteiger partial charge in [-0.05, 0) is 61.7 Å². The summed E-state index contributed by atoms with van der Waals surface area (Å²) in [4.78, 5) is 0. The Kier molecular flexibility index (Phi) is 3.48. The van der Waals surface area contributed by atoms with E-state index in [0.29, 0.717) is 0 Å². The lowest BCUT2D eigenvalue weighted by Gasteiger charge is -2.06. The minimum atomic E-state index is 0.808. The maximum absolute atomic E-state index is 5.76. The van der Waals surface area contributed by atoms with Crippen molar-refractivity contribution >= 4 is 12.8 Å². The molecule has 100 valence electrons. The Labute approximate surface area is 123 Å². The van der Waals surface area contributed by atoms with E-state index in [0.717, 1.165) is 28.3 Å². The van der Waals surface area contributed by atoms with Crippen LogP contribution >= 0.6 is 12.8 Å². The molecule has 0 unspecified atom stereocenters. The summed E-state index contributed by atoms with van der Waals surface area (Å²) in [6, 6.07) is 17.6. The van der Waals surface area contributed by atoms with E-state index in [4.69, 9.17) is 4.74 Å². The minimum absolute atomic E-state index is 0.808. The van der Waals surface area contributed by atoms with Gasteiger partial charge in [0.25, 0.3) is 0 Å². The third-order valence-corrected chi connectivity index (χ3v) is 3.20. The summed E-state index contributed by atoms with van der Waals surface area (Å²) in [5.74, 6) is 1.64. The highest BCUT2D eigenvalue weighted by molar-refractivity contribution is 7.78. The van der Waals surface area contributed by atoms with Crippen LogP contribution in [0.3, 0.4) is 0 Å². The van der Waals surface area contributed by atoms with Crippen LogP contribution in [0.2, 0.25) is 0 Å². The molecule has 3 aromatic rings. The van der Waals surface area contributed by atoms with Crippen molar-refractivity contribution in [3.63, 3.8) is 0 Å². The number of ether oxygens (including phenoxy) is 1. The van der Waals surface area contributed by atoms with Gasteiger partial charge in [0, 0.05) is 11.8 Å². The average Bonchev–Trinajstić information content (AvgIpc) is 2.80. The van der Waals surface area contributed by atoms with Crippen LogP contribution in [-0.4, -0.2) is 9.19 Å². The summed E-state index contributed by atoms with van der Waals surface area (Å²) in [6.45, 7) is 2.02. The predicted octanol–water partition coefficient (Wildman–Crippen LogP) is 4.34. The van der Waals surface area contributed by atoms with Gasteiger partial charge in [-0.2, -0.15) is 5.10 Å². The maximum atomic E-state index is 5.76. The number of para-hydroxylation sites is 1. The Bertz CT molecular complexity index is 705. The molecule has 0 N–H and O–H groups in total. The van der Waals surface area contributed by atoms with E-state index in [1.54, 1.807) is 0 Å². The Balaban J connectivity index is 1.83. The molecule has 4 heteroatoms. The monoisotopic (exact) mass is 282 g/mol. The van der Waals surface area contributed by atoms with Crippen LogP contribution in [0.4, 0.5) is 0 Å². The Morgan fingerprint density at radius 1 is 0.950 bits per heavy atom. The van der Waals surface area contributed by atoms with Crippen LogP contribution in [0.5, 0.6) is 11.5 Å². The van der Waals surface area contributed by atoms with Crippen LogP contribution in [0.1, 0.15) is 5.56 Å². The minimum Gasteiger partial charge on any atom is -0.457 e. The van der Waals surface area contributed by atoms with Crippen LogP contribution in [0.25, 0.3) is 11.3 Å². The van der Waals surface area contributed by atoms with E-state index in [9.17, 15) is 0 Å². The fraction of sp³-hybridized carbons (Fsp3) is 0.0625.